The Morgan fingerprint density at radius 1 is 0.950 bits per heavy atom. The molecule has 0 fully saturated rings. The van der Waals surface area contributed by atoms with Crippen LogP contribution in [0.1, 0.15) is 66.6 Å². The molecule has 0 saturated heterocycles. The number of fused-ring (bicyclic) bond motifs is 1. The van der Waals surface area contributed by atoms with Crippen molar-refractivity contribution in [2.24, 2.45) is 0 Å². The molecule has 4 aromatic rings. The number of nitrogens with zero attached hydrogens (tertiary/aromatic N) is 1. The standard InChI is InChI=1S/C31H30Cl2N2O5/c1-5-39-29(37)28-27(26-22(33)16-21(32)17-24(26)35(28)30(38)40-31(2,3)4)34-23(19-12-8-6-9-13-19)18-25(36)20-14-10-7-11-15-20/h6-17,23,34H,5,18H2,1-4H3. The molecular weight excluding hydrogens is 551 g/mol. The summed E-state index contributed by atoms with van der Waals surface area (Å²) in [7, 11) is 0. The average Bonchev–Trinajstić information content (AvgIpc) is 3.22. The van der Waals surface area contributed by atoms with Gasteiger partial charge in [-0.3, -0.25) is 4.79 Å². The van der Waals surface area contributed by atoms with E-state index in [1.807, 2.05) is 36.4 Å². The number of anilines is 1. The lowest BCUT2D eigenvalue weighted by atomic mass is 9.97. The van der Waals surface area contributed by atoms with Gasteiger partial charge in [-0.15, -0.1) is 0 Å². The smallest absolute Gasteiger partial charge is 0.419 e. The molecule has 0 aliphatic carbocycles. The second-order valence-electron chi connectivity index (χ2n) is 10.1. The van der Waals surface area contributed by atoms with E-state index in [4.69, 9.17) is 32.7 Å². The first-order chi connectivity index (χ1) is 19.0. The molecule has 208 valence electrons. The fraction of sp³-hybridized carbons (Fsp3) is 0.258. The zero-order chi connectivity index (χ0) is 29.0. The Hall–Kier alpha value is -3.81. The van der Waals surface area contributed by atoms with Crippen LogP contribution in [-0.4, -0.2) is 34.6 Å². The topological polar surface area (TPSA) is 86.6 Å². The van der Waals surface area contributed by atoms with Crippen LogP contribution in [0, 0.1) is 0 Å². The number of halogens is 2. The number of aromatic nitrogens is 1. The Kier molecular flexibility index (Phi) is 8.86. The number of rotatable bonds is 8. The van der Waals surface area contributed by atoms with Crippen LogP contribution in [0.15, 0.2) is 72.8 Å². The molecule has 0 saturated carbocycles. The Morgan fingerprint density at radius 2 is 1.57 bits per heavy atom. The lowest BCUT2D eigenvalue weighted by molar-refractivity contribution is 0.0455. The van der Waals surface area contributed by atoms with Crippen molar-refractivity contribution in [3.8, 4) is 0 Å². The summed E-state index contributed by atoms with van der Waals surface area (Å²) in [4.78, 5) is 40.3. The number of ether oxygens (including phenoxy) is 2. The van der Waals surface area contributed by atoms with E-state index in [9.17, 15) is 14.4 Å². The monoisotopic (exact) mass is 580 g/mol. The molecule has 0 radical (unpaired) electrons. The van der Waals surface area contributed by atoms with Crippen LogP contribution >= 0.6 is 23.2 Å². The van der Waals surface area contributed by atoms with E-state index < -0.39 is 23.7 Å². The minimum absolute atomic E-state index is 0.0562. The molecule has 9 heteroatoms. The van der Waals surface area contributed by atoms with Gasteiger partial charge < -0.3 is 14.8 Å². The summed E-state index contributed by atoms with van der Waals surface area (Å²) >= 11 is 13.0. The molecule has 0 amide bonds. The largest absolute Gasteiger partial charge is 0.461 e. The number of Topliss-reactive ketones (excluding diaryl/α,β-unsaturated/α-hetero) is 1. The number of benzene rings is 3. The van der Waals surface area contributed by atoms with Crippen molar-refractivity contribution < 1.29 is 23.9 Å². The molecule has 1 heterocycles. The number of esters is 1. The van der Waals surface area contributed by atoms with Gasteiger partial charge in [0.1, 0.15) is 5.60 Å². The zero-order valence-electron chi connectivity index (χ0n) is 22.7. The van der Waals surface area contributed by atoms with Crippen LogP contribution in [0.5, 0.6) is 0 Å². The number of hydrogen-bond donors (Lipinski definition) is 1. The van der Waals surface area contributed by atoms with E-state index >= 15 is 0 Å². The van der Waals surface area contributed by atoms with Gasteiger partial charge in [0.25, 0.3) is 0 Å². The number of hydrogen-bond acceptors (Lipinski definition) is 6. The first-order valence-corrected chi connectivity index (χ1v) is 13.6. The van der Waals surface area contributed by atoms with Crippen LogP contribution in [-0.2, 0) is 9.47 Å². The van der Waals surface area contributed by atoms with E-state index in [0.717, 1.165) is 10.1 Å². The summed E-state index contributed by atoms with van der Waals surface area (Å²) in [5.41, 5.74) is 0.879. The van der Waals surface area contributed by atoms with Gasteiger partial charge in [-0.05, 0) is 45.4 Å². The lowest BCUT2D eigenvalue weighted by Gasteiger charge is -2.22. The maximum absolute atomic E-state index is 13.5. The number of carbonyl (C=O) groups is 3. The van der Waals surface area contributed by atoms with Crippen molar-refractivity contribution in [1.82, 2.24) is 4.57 Å². The van der Waals surface area contributed by atoms with Crippen LogP contribution < -0.4 is 5.32 Å². The molecule has 1 N–H and O–H groups in total. The van der Waals surface area contributed by atoms with E-state index in [2.05, 4.69) is 5.32 Å². The van der Waals surface area contributed by atoms with Gasteiger partial charge in [0.15, 0.2) is 11.5 Å². The second-order valence-corrected chi connectivity index (χ2v) is 11.0. The molecule has 0 aliphatic heterocycles. The first kappa shape index (κ1) is 29.2. The van der Waals surface area contributed by atoms with E-state index in [1.54, 1.807) is 52.0 Å². The van der Waals surface area contributed by atoms with Gasteiger partial charge in [-0.25, -0.2) is 14.2 Å². The van der Waals surface area contributed by atoms with E-state index in [1.165, 1.54) is 12.1 Å². The van der Waals surface area contributed by atoms with E-state index in [-0.39, 0.29) is 45.8 Å². The molecule has 1 unspecified atom stereocenters. The van der Waals surface area contributed by atoms with Gasteiger partial charge in [-0.2, -0.15) is 0 Å². The molecule has 7 nitrogen and oxygen atoms in total. The van der Waals surface area contributed by atoms with Crippen LogP contribution in [0.2, 0.25) is 10.0 Å². The SMILES string of the molecule is CCOC(=O)c1c(NC(CC(=O)c2ccccc2)c2ccccc2)c2c(Cl)cc(Cl)cc2n1C(=O)OC(C)(C)C. The minimum Gasteiger partial charge on any atom is -0.461 e. The highest BCUT2D eigenvalue weighted by atomic mass is 35.5. The van der Waals surface area contributed by atoms with Crippen molar-refractivity contribution in [1.29, 1.82) is 0 Å². The average molecular weight is 581 g/mol. The summed E-state index contributed by atoms with van der Waals surface area (Å²) in [5, 5.41) is 4.21. The van der Waals surface area contributed by atoms with Crippen LogP contribution in [0.25, 0.3) is 10.9 Å². The van der Waals surface area contributed by atoms with Crippen LogP contribution in [0.4, 0.5) is 10.5 Å². The Balaban J connectivity index is 1.94. The number of ketones is 1. The molecule has 0 bridgehead atoms. The van der Waals surface area contributed by atoms with Crippen molar-refractivity contribution in [2.45, 2.75) is 45.8 Å². The highest BCUT2D eigenvalue weighted by Crippen LogP contribution is 2.41. The molecule has 0 aliphatic rings. The van der Waals surface area contributed by atoms with Crippen molar-refractivity contribution in [3.05, 3.63) is 99.7 Å². The molecule has 40 heavy (non-hydrogen) atoms. The van der Waals surface area contributed by atoms with Gasteiger partial charge in [0.05, 0.1) is 28.9 Å². The lowest BCUT2D eigenvalue weighted by Crippen LogP contribution is -2.29. The molecule has 4 rings (SSSR count). The second kappa shape index (κ2) is 12.1. The molecular formula is C31H30Cl2N2O5. The third-order valence-electron chi connectivity index (χ3n) is 6.04. The Labute approximate surface area is 243 Å². The minimum atomic E-state index is -0.857. The maximum atomic E-state index is 13.5. The third kappa shape index (κ3) is 6.49. The summed E-state index contributed by atoms with van der Waals surface area (Å²) in [6.07, 6.45) is -0.746. The zero-order valence-corrected chi connectivity index (χ0v) is 24.2. The molecule has 0 spiro atoms. The fourth-order valence-corrected chi connectivity index (χ4v) is 4.98. The van der Waals surface area contributed by atoms with Gasteiger partial charge in [0.2, 0.25) is 0 Å². The van der Waals surface area contributed by atoms with Gasteiger partial charge in [0, 0.05) is 22.4 Å². The van der Waals surface area contributed by atoms with E-state index in [0.29, 0.717) is 10.9 Å². The maximum Gasteiger partial charge on any atom is 0.419 e. The summed E-state index contributed by atoms with van der Waals surface area (Å²) in [6, 6.07) is 20.8. The van der Waals surface area contributed by atoms with Crippen molar-refractivity contribution >= 4 is 57.6 Å². The molecule has 3 aromatic carbocycles. The fourth-order valence-electron chi connectivity index (χ4n) is 4.40. The van der Waals surface area contributed by atoms with Gasteiger partial charge >= 0.3 is 12.1 Å². The first-order valence-electron chi connectivity index (χ1n) is 12.8. The van der Waals surface area contributed by atoms with Crippen molar-refractivity contribution in [3.63, 3.8) is 0 Å². The van der Waals surface area contributed by atoms with Gasteiger partial charge in [-0.1, -0.05) is 83.9 Å². The number of carbonyl (C=O) groups excluding carboxylic acids is 3. The predicted octanol–water partition coefficient (Wildman–Crippen LogP) is 8.33. The summed E-state index contributed by atoms with van der Waals surface area (Å²) < 4.78 is 12.2. The molecule has 1 aromatic heterocycles. The van der Waals surface area contributed by atoms with Crippen LogP contribution in [0.3, 0.4) is 0 Å². The normalized spacial score (nSPS) is 12.2. The third-order valence-corrected chi connectivity index (χ3v) is 6.55. The number of nitrogens with one attached hydrogen (secondary N) is 1. The highest BCUT2D eigenvalue weighted by Gasteiger charge is 2.33. The van der Waals surface area contributed by atoms with Crippen molar-refractivity contribution in [2.75, 3.05) is 11.9 Å². The quantitative estimate of drug-likeness (QED) is 0.166. The Bertz CT molecular complexity index is 1540. The summed E-state index contributed by atoms with van der Waals surface area (Å²) in [5.74, 6) is -0.870. The molecule has 1 atom stereocenters. The summed E-state index contributed by atoms with van der Waals surface area (Å²) in [6.45, 7) is 6.90. The predicted molar refractivity (Wildman–Crippen MR) is 158 cm³/mol. The Morgan fingerprint density at radius 3 is 2.17 bits per heavy atom. The highest BCUT2D eigenvalue weighted by molar-refractivity contribution is 6.40.